The van der Waals surface area contributed by atoms with E-state index in [9.17, 15) is 14.2 Å². The van der Waals surface area contributed by atoms with Crippen LogP contribution < -0.4 is 11.4 Å². The van der Waals surface area contributed by atoms with Crippen LogP contribution in [0.2, 0.25) is 0 Å². The number of aromatic nitrogens is 2. The molecular weight excluding hydrogens is 476 g/mol. The molecule has 2 aliphatic heterocycles. The van der Waals surface area contributed by atoms with E-state index in [2.05, 4.69) is 4.98 Å². The molecule has 0 aliphatic carbocycles. The number of fused-ring (bicyclic) bond motifs is 1. The summed E-state index contributed by atoms with van der Waals surface area (Å²) in [5.41, 5.74) is 4.77. The molecule has 0 amide bonds. The summed E-state index contributed by atoms with van der Waals surface area (Å²) < 4.78 is 39.0. The number of nitrogen functional groups attached to an aromatic ring is 1. The molecule has 2 saturated heterocycles. The van der Waals surface area contributed by atoms with Crippen molar-refractivity contribution in [1.82, 2.24) is 9.55 Å². The second-order valence-electron chi connectivity index (χ2n) is 7.52. The van der Waals surface area contributed by atoms with E-state index < -0.39 is 48.2 Å². The van der Waals surface area contributed by atoms with Crippen molar-refractivity contribution in [3.05, 3.63) is 22.7 Å². The molecule has 0 radical (unpaired) electrons. The lowest BCUT2D eigenvalue weighted by Crippen LogP contribution is -2.43. The van der Waals surface area contributed by atoms with Crippen molar-refractivity contribution in [2.45, 2.75) is 56.1 Å². The Morgan fingerprint density at radius 1 is 1.45 bits per heavy atom. The van der Waals surface area contributed by atoms with Crippen LogP contribution in [0.25, 0.3) is 0 Å². The lowest BCUT2D eigenvalue weighted by Gasteiger charge is -2.33. The summed E-state index contributed by atoms with van der Waals surface area (Å²) in [4.78, 5) is 27.6. The fraction of sp³-hybridized carbons (Fsp3) is 0.706. The molecule has 31 heavy (non-hydrogen) atoms. The van der Waals surface area contributed by atoms with Gasteiger partial charge >= 0.3 is 19.5 Å². The third-order valence-electron chi connectivity index (χ3n) is 4.65. The lowest BCUT2D eigenvalue weighted by atomic mass is 10.1. The Morgan fingerprint density at radius 3 is 2.81 bits per heavy atom. The van der Waals surface area contributed by atoms with E-state index in [0.717, 1.165) is 4.57 Å². The second-order valence-corrected chi connectivity index (χ2v) is 10.6. The number of carbonyl (C=O) groups is 1. The van der Waals surface area contributed by atoms with Crippen LogP contribution in [-0.2, 0) is 32.4 Å². The van der Waals surface area contributed by atoms with Gasteiger partial charge in [-0.3, -0.25) is 22.9 Å². The lowest BCUT2D eigenvalue weighted by molar-refractivity contribution is -0.152. The Balaban J connectivity index is 1.64. The largest absolute Gasteiger partial charge is 0.475 e. The van der Waals surface area contributed by atoms with Crippen LogP contribution in [0.4, 0.5) is 5.82 Å². The molecule has 1 aromatic rings. The zero-order valence-corrected chi connectivity index (χ0v) is 19.5. The summed E-state index contributed by atoms with van der Waals surface area (Å²) in [6.07, 6.45) is -1.79. The molecule has 0 aromatic carbocycles. The Hall–Kier alpha value is -1.20. The monoisotopic (exact) mass is 499 g/mol. The first kappa shape index (κ1) is 24.4. The number of halogens is 2. The fourth-order valence-corrected chi connectivity index (χ4v) is 5.29. The van der Waals surface area contributed by atoms with Crippen LogP contribution in [0.5, 0.6) is 0 Å². The molecule has 14 heteroatoms. The Labute approximate surface area is 188 Å². The maximum atomic E-state index is 12.9. The van der Waals surface area contributed by atoms with Gasteiger partial charge in [0.25, 0.3) is 0 Å². The van der Waals surface area contributed by atoms with Crippen LogP contribution >= 0.6 is 31.0 Å². The van der Waals surface area contributed by atoms with Gasteiger partial charge in [0.05, 0.1) is 25.2 Å². The molecule has 3 heterocycles. The van der Waals surface area contributed by atoms with E-state index >= 15 is 0 Å². The number of hydrogen-bond donors (Lipinski definition) is 1. The third-order valence-corrected chi connectivity index (χ3v) is 6.90. The molecule has 174 valence electrons. The van der Waals surface area contributed by atoms with Crippen LogP contribution in [0.3, 0.4) is 0 Å². The van der Waals surface area contributed by atoms with Gasteiger partial charge in [-0.05, 0) is 26.3 Å². The van der Waals surface area contributed by atoms with Gasteiger partial charge in [-0.2, -0.15) is 4.98 Å². The summed E-state index contributed by atoms with van der Waals surface area (Å²) in [7, 11) is -4.04. The average molecular weight is 500 g/mol. The Morgan fingerprint density at radius 2 is 2.16 bits per heavy atom. The minimum atomic E-state index is -4.04. The number of nitrogens with zero attached hydrogens (tertiary/aromatic N) is 2. The number of hydrogen-bond acceptors (Lipinski definition) is 10. The number of ether oxygens (including phenoxy) is 2. The quantitative estimate of drug-likeness (QED) is 0.337. The summed E-state index contributed by atoms with van der Waals surface area (Å²) in [6, 6.07) is 1.38. The number of rotatable bonds is 7. The number of phosphoric acid groups is 1. The molecule has 3 rings (SSSR count). The predicted molar refractivity (Wildman–Crippen MR) is 111 cm³/mol. The first-order chi connectivity index (χ1) is 14.4. The maximum Gasteiger partial charge on any atom is 0.475 e. The van der Waals surface area contributed by atoms with Gasteiger partial charge in [-0.15, -0.1) is 0 Å². The molecule has 0 saturated carbocycles. The standard InChI is InChI=1S/C17H24Cl2N3O8P/c1-9(2)28-14(23)10(3)5-7-26-31(25)27-8-11-13(30-31)17(18,19)15(29-11)22-6-4-12(20)21-16(22)24/h4,6,9-11,13,15H,5,7-8H2,1-3H3,(H2,20,21,24)/t10-,11?,13+,15+,31-/m0/s1. The molecule has 0 spiro atoms. The zero-order chi connectivity index (χ0) is 23.0. The van der Waals surface area contributed by atoms with E-state index in [1.807, 2.05) is 0 Å². The van der Waals surface area contributed by atoms with E-state index in [4.69, 9.17) is 52.0 Å². The molecule has 5 atom stereocenters. The molecule has 2 N–H and O–H groups in total. The number of anilines is 1. The highest BCUT2D eigenvalue weighted by Gasteiger charge is 2.62. The number of carbonyl (C=O) groups excluding carboxylic acids is 1. The van der Waals surface area contributed by atoms with Crippen molar-refractivity contribution < 1.29 is 32.4 Å². The van der Waals surface area contributed by atoms with Crippen LogP contribution in [-0.4, -0.2) is 51.4 Å². The minimum absolute atomic E-state index is 0.0235. The molecule has 11 nitrogen and oxygen atoms in total. The van der Waals surface area contributed by atoms with Crippen molar-refractivity contribution in [3.63, 3.8) is 0 Å². The highest BCUT2D eigenvalue weighted by molar-refractivity contribution is 7.48. The maximum absolute atomic E-state index is 12.9. The van der Waals surface area contributed by atoms with Crippen LogP contribution in [0, 0.1) is 5.92 Å². The SMILES string of the molecule is CC(C)OC(=O)[C@@H](C)CCO[P@@]1(=O)OCC2O[C@@H](n3ccc(N)nc3=O)C(Cl)(Cl)[C@@H]2O1. The Kier molecular flexibility index (Phi) is 7.37. The van der Waals surface area contributed by atoms with E-state index in [1.165, 1.54) is 12.3 Å². The fourth-order valence-electron chi connectivity index (χ4n) is 3.05. The van der Waals surface area contributed by atoms with Crippen molar-refractivity contribution in [2.75, 3.05) is 18.9 Å². The molecule has 1 aromatic heterocycles. The van der Waals surface area contributed by atoms with Crippen molar-refractivity contribution in [2.24, 2.45) is 5.92 Å². The van der Waals surface area contributed by atoms with Crippen LogP contribution in [0.1, 0.15) is 33.4 Å². The van der Waals surface area contributed by atoms with E-state index in [1.54, 1.807) is 20.8 Å². The molecule has 2 aliphatic rings. The first-order valence-electron chi connectivity index (χ1n) is 9.59. The predicted octanol–water partition coefficient (Wildman–Crippen LogP) is 2.41. The average Bonchev–Trinajstić information content (AvgIpc) is 2.91. The number of alkyl halides is 2. The van der Waals surface area contributed by atoms with E-state index in [-0.39, 0.29) is 31.6 Å². The molecule has 1 unspecified atom stereocenters. The number of esters is 1. The summed E-state index contributed by atoms with van der Waals surface area (Å²) in [6.45, 7) is 4.87. The molecule has 2 fully saturated rings. The number of nitrogens with two attached hydrogens (primary N) is 1. The van der Waals surface area contributed by atoms with Gasteiger partial charge in [0.15, 0.2) is 10.6 Å². The highest BCUT2D eigenvalue weighted by atomic mass is 35.5. The molecule has 0 bridgehead atoms. The Bertz CT molecular complexity index is 927. The van der Waals surface area contributed by atoms with Gasteiger partial charge in [0.1, 0.15) is 18.0 Å². The summed E-state index contributed by atoms with van der Waals surface area (Å²) >= 11 is 12.9. The summed E-state index contributed by atoms with van der Waals surface area (Å²) in [5, 5.41) is 0. The first-order valence-corrected chi connectivity index (χ1v) is 11.8. The van der Waals surface area contributed by atoms with Gasteiger partial charge in [0.2, 0.25) is 0 Å². The third kappa shape index (κ3) is 5.42. The van der Waals surface area contributed by atoms with Gasteiger partial charge < -0.3 is 15.2 Å². The van der Waals surface area contributed by atoms with E-state index in [0.29, 0.717) is 0 Å². The minimum Gasteiger partial charge on any atom is -0.463 e. The van der Waals surface area contributed by atoms with Gasteiger partial charge in [-0.25, -0.2) is 9.36 Å². The van der Waals surface area contributed by atoms with Crippen molar-refractivity contribution >= 4 is 42.8 Å². The topological polar surface area (TPSA) is 141 Å². The highest BCUT2D eigenvalue weighted by Crippen LogP contribution is 2.61. The van der Waals surface area contributed by atoms with Crippen molar-refractivity contribution in [3.8, 4) is 0 Å². The van der Waals surface area contributed by atoms with Gasteiger partial charge in [0, 0.05) is 6.20 Å². The zero-order valence-electron chi connectivity index (χ0n) is 17.1. The number of phosphoric ester groups is 1. The van der Waals surface area contributed by atoms with Gasteiger partial charge in [-0.1, -0.05) is 30.1 Å². The van der Waals surface area contributed by atoms with Crippen LogP contribution in [0.15, 0.2) is 17.1 Å². The molecular formula is C17H24Cl2N3O8P. The normalized spacial score (nSPS) is 30.7. The smallest absolute Gasteiger partial charge is 0.463 e. The summed E-state index contributed by atoms with van der Waals surface area (Å²) in [5.74, 6) is -0.844. The second kappa shape index (κ2) is 9.35. The van der Waals surface area contributed by atoms with Crippen molar-refractivity contribution in [1.29, 1.82) is 0 Å².